The smallest absolute Gasteiger partial charge is 0.307 e. The van der Waals surface area contributed by atoms with Crippen LogP contribution in [0.1, 0.15) is 30.9 Å². The van der Waals surface area contributed by atoms with Crippen molar-refractivity contribution >= 4 is 29.4 Å². The molecule has 35 heavy (non-hydrogen) atoms. The fourth-order valence-electron chi connectivity index (χ4n) is 3.91. The summed E-state index contributed by atoms with van der Waals surface area (Å²) in [7, 11) is 0. The third-order valence-corrected chi connectivity index (χ3v) is 5.86. The Hall–Kier alpha value is -4.07. The van der Waals surface area contributed by atoms with Crippen molar-refractivity contribution in [3.63, 3.8) is 0 Å². The zero-order valence-electron chi connectivity index (χ0n) is 19.5. The number of carboxylic acids is 1. The SMILES string of the molecule is CC1=CN(CC(=O)NC(Cc2ccccc2)C(=O)CC(Cc2ccccc2)C(=O)O)C(=O)CC1=O. The van der Waals surface area contributed by atoms with E-state index in [1.807, 2.05) is 36.4 Å². The van der Waals surface area contributed by atoms with Crippen molar-refractivity contribution in [3.8, 4) is 0 Å². The standard InChI is InChI=1S/C27H28N2O6/c1-18-16-29(26(33)15-23(18)30)17-25(32)28-22(13-20-10-6-3-7-11-20)24(31)14-21(27(34)35)12-19-8-4-2-5-9-19/h2-11,16,21-22H,12-15,17H2,1H3,(H,28,32)(H,34,35). The molecule has 1 aliphatic heterocycles. The summed E-state index contributed by atoms with van der Waals surface area (Å²) in [6, 6.07) is 17.2. The molecule has 0 bridgehead atoms. The van der Waals surface area contributed by atoms with Crippen LogP contribution in [0.4, 0.5) is 0 Å². The fourth-order valence-corrected chi connectivity index (χ4v) is 3.91. The molecule has 0 spiro atoms. The minimum atomic E-state index is -1.09. The van der Waals surface area contributed by atoms with Gasteiger partial charge < -0.3 is 15.3 Å². The number of nitrogens with one attached hydrogen (secondary N) is 1. The van der Waals surface area contributed by atoms with E-state index in [1.165, 1.54) is 6.20 Å². The van der Waals surface area contributed by atoms with E-state index in [9.17, 15) is 29.1 Å². The summed E-state index contributed by atoms with van der Waals surface area (Å²) in [5.74, 6) is -3.78. The van der Waals surface area contributed by atoms with Crippen LogP contribution in [-0.4, -0.2) is 51.9 Å². The van der Waals surface area contributed by atoms with Gasteiger partial charge >= 0.3 is 5.97 Å². The third kappa shape index (κ3) is 7.46. The van der Waals surface area contributed by atoms with Crippen LogP contribution in [0.3, 0.4) is 0 Å². The molecule has 8 nitrogen and oxygen atoms in total. The molecule has 2 amide bonds. The van der Waals surface area contributed by atoms with Gasteiger partial charge in [0.2, 0.25) is 11.8 Å². The Balaban J connectivity index is 1.73. The zero-order valence-corrected chi connectivity index (χ0v) is 19.5. The molecule has 2 N–H and O–H groups in total. The highest BCUT2D eigenvalue weighted by Crippen LogP contribution is 2.17. The lowest BCUT2D eigenvalue weighted by atomic mass is 9.90. The fraction of sp³-hybridized carbons (Fsp3) is 0.296. The van der Waals surface area contributed by atoms with Gasteiger partial charge in [-0.15, -0.1) is 0 Å². The highest BCUT2D eigenvalue weighted by Gasteiger charge is 2.30. The Kier molecular flexibility index (Phi) is 8.67. The van der Waals surface area contributed by atoms with Gasteiger partial charge in [0.1, 0.15) is 6.54 Å². The van der Waals surface area contributed by atoms with Crippen LogP contribution >= 0.6 is 0 Å². The first kappa shape index (κ1) is 25.6. The minimum absolute atomic E-state index is 0.185. The van der Waals surface area contributed by atoms with Crippen molar-refractivity contribution in [3.05, 3.63) is 83.6 Å². The Morgan fingerprint density at radius 1 is 0.943 bits per heavy atom. The number of ketones is 2. The number of Topliss-reactive ketones (excluding diaryl/α,β-unsaturated/α-hetero) is 2. The maximum Gasteiger partial charge on any atom is 0.307 e. The van der Waals surface area contributed by atoms with E-state index in [-0.39, 0.29) is 38.0 Å². The lowest BCUT2D eigenvalue weighted by Gasteiger charge is -2.25. The van der Waals surface area contributed by atoms with Crippen molar-refractivity contribution in [2.24, 2.45) is 5.92 Å². The molecule has 3 rings (SSSR count). The summed E-state index contributed by atoms with van der Waals surface area (Å²) in [4.78, 5) is 62.9. The van der Waals surface area contributed by atoms with Gasteiger partial charge in [0, 0.05) is 18.2 Å². The summed E-state index contributed by atoms with van der Waals surface area (Å²) in [6.07, 6.45) is 1.15. The number of benzene rings is 2. The summed E-state index contributed by atoms with van der Waals surface area (Å²) in [6.45, 7) is 1.23. The van der Waals surface area contributed by atoms with E-state index in [1.54, 1.807) is 31.2 Å². The van der Waals surface area contributed by atoms with Crippen molar-refractivity contribution in [2.45, 2.75) is 38.6 Å². The highest BCUT2D eigenvalue weighted by atomic mass is 16.4. The number of hydrogen-bond acceptors (Lipinski definition) is 5. The molecule has 0 fully saturated rings. The maximum absolute atomic E-state index is 13.2. The quantitative estimate of drug-likeness (QED) is 0.480. The number of carbonyl (C=O) groups is 5. The number of aliphatic carboxylic acids is 1. The van der Waals surface area contributed by atoms with Crippen molar-refractivity contribution in [2.75, 3.05) is 6.54 Å². The first-order chi connectivity index (χ1) is 16.7. The summed E-state index contributed by atoms with van der Waals surface area (Å²) >= 11 is 0. The van der Waals surface area contributed by atoms with Crippen LogP contribution in [-0.2, 0) is 36.8 Å². The van der Waals surface area contributed by atoms with Gasteiger partial charge in [0.05, 0.1) is 18.4 Å². The summed E-state index contributed by atoms with van der Waals surface area (Å²) < 4.78 is 0. The van der Waals surface area contributed by atoms with E-state index >= 15 is 0 Å². The second kappa shape index (κ2) is 11.9. The first-order valence-corrected chi connectivity index (χ1v) is 11.4. The van der Waals surface area contributed by atoms with Gasteiger partial charge in [-0.05, 0) is 30.9 Å². The number of carbonyl (C=O) groups excluding carboxylic acids is 4. The van der Waals surface area contributed by atoms with Crippen LogP contribution < -0.4 is 5.32 Å². The number of carboxylic acid groups (broad SMARTS) is 1. The molecule has 8 heteroatoms. The van der Waals surface area contributed by atoms with Gasteiger partial charge in [0.15, 0.2) is 11.6 Å². The summed E-state index contributed by atoms with van der Waals surface area (Å²) in [5, 5.41) is 12.4. The first-order valence-electron chi connectivity index (χ1n) is 11.4. The number of hydrogen-bond donors (Lipinski definition) is 2. The molecule has 0 aliphatic carbocycles. The average molecular weight is 477 g/mol. The van der Waals surface area contributed by atoms with Crippen LogP contribution in [0.5, 0.6) is 0 Å². The molecule has 182 valence electrons. The maximum atomic E-state index is 13.2. The summed E-state index contributed by atoms with van der Waals surface area (Å²) in [5.41, 5.74) is 1.98. The van der Waals surface area contributed by atoms with Crippen LogP contribution in [0.25, 0.3) is 0 Å². The van der Waals surface area contributed by atoms with Crippen LogP contribution in [0, 0.1) is 5.92 Å². The predicted octanol–water partition coefficient (Wildman–Crippen LogP) is 2.32. The molecule has 2 unspecified atom stereocenters. The molecule has 2 aromatic carbocycles. The Labute approximate surface area is 203 Å². The molecular weight excluding hydrogens is 448 g/mol. The molecule has 0 saturated heterocycles. The molecule has 0 radical (unpaired) electrons. The molecule has 0 aromatic heterocycles. The van der Waals surface area contributed by atoms with Gasteiger partial charge in [0.25, 0.3) is 0 Å². The lowest BCUT2D eigenvalue weighted by Crippen LogP contribution is -2.48. The van der Waals surface area contributed by atoms with E-state index in [2.05, 4.69) is 5.32 Å². The van der Waals surface area contributed by atoms with Crippen LogP contribution in [0.2, 0.25) is 0 Å². The van der Waals surface area contributed by atoms with E-state index < -0.39 is 35.5 Å². The van der Waals surface area contributed by atoms with Gasteiger partial charge in [-0.3, -0.25) is 24.0 Å². The molecule has 2 atom stereocenters. The van der Waals surface area contributed by atoms with E-state index in [0.717, 1.165) is 16.0 Å². The average Bonchev–Trinajstić information content (AvgIpc) is 2.83. The zero-order chi connectivity index (χ0) is 25.4. The second-order valence-corrected chi connectivity index (χ2v) is 8.64. The predicted molar refractivity (Wildman–Crippen MR) is 128 cm³/mol. The Morgan fingerprint density at radius 2 is 1.51 bits per heavy atom. The topological polar surface area (TPSA) is 121 Å². The molecule has 0 saturated carbocycles. The normalized spacial score (nSPS) is 15.2. The van der Waals surface area contributed by atoms with E-state index in [4.69, 9.17) is 0 Å². The minimum Gasteiger partial charge on any atom is -0.481 e. The van der Waals surface area contributed by atoms with Crippen molar-refractivity contribution in [1.29, 1.82) is 0 Å². The lowest BCUT2D eigenvalue weighted by molar-refractivity contribution is -0.144. The Morgan fingerprint density at radius 3 is 2.09 bits per heavy atom. The van der Waals surface area contributed by atoms with Crippen molar-refractivity contribution < 1.29 is 29.1 Å². The van der Waals surface area contributed by atoms with Gasteiger partial charge in [-0.25, -0.2) is 0 Å². The number of allylic oxidation sites excluding steroid dienone is 1. The number of nitrogens with zero attached hydrogens (tertiary/aromatic N) is 1. The van der Waals surface area contributed by atoms with Crippen molar-refractivity contribution in [1.82, 2.24) is 10.2 Å². The molecular formula is C27H28N2O6. The van der Waals surface area contributed by atoms with E-state index in [0.29, 0.717) is 5.57 Å². The third-order valence-electron chi connectivity index (χ3n) is 5.86. The van der Waals surface area contributed by atoms with Crippen LogP contribution in [0.15, 0.2) is 72.4 Å². The number of rotatable bonds is 11. The highest BCUT2D eigenvalue weighted by molar-refractivity contribution is 6.10. The van der Waals surface area contributed by atoms with Gasteiger partial charge in [-0.2, -0.15) is 0 Å². The second-order valence-electron chi connectivity index (χ2n) is 8.64. The molecule has 2 aromatic rings. The molecule has 1 aliphatic rings. The number of amides is 2. The monoisotopic (exact) mass is 476 g/mol. The Bertz CT molecular complexity index is 1130. The van der Waals surface area contributed by atoms with Gasteiger partial charge in [-0.1, -0.05) is 60.7 Å². The molecule has 1 heterocycles. The largest absolute Gasteiger partial charge is 0.481 e.